The maximum absolute atomic E-state index is 12.4. The van der Waals surface area contributed by atoms with Crippen molar-refractivity contribution in [3.63, 3.8) is 0 Å². The van der Waals surface area contributed by atoms with Crippen LogP contribution in [0.5, 0.6) is 0 Å². The third-order valence-corrected chi connectivity index (χ3v) is 3.49. The molecule has 0 bridgehead atoms. The van der Waals surface area contributed by atoms with E-state index in [0.717, 1.165) is 0 Å². The van der Waals surface area contributed by atoms with Crippen LogP contribution in [0.4, 0.5) is 4.79 Å². The molecule has 0 aromatic heterocycles. The summed E-state index contributed by atoms with van der Waals surface area (Å²) in [6, 6.07) is -1.25. The molecule has 110 valence electrons. The standard InChI is InChI=1S/C13H25N3O3/c1-8(2)6-10(15-13(14)19)12(18)16-5-4-11(17)9(3)7-16/h8-11,17H,4-7H2,1-3H3,(H3,14,15,19). The van der Waals surface area contributed by atoms with Crippen LogP contribution < -0.4 is 11.1 Å². The van der Waals surface area contributed by atoms with Crippen LogP contribution in [0.25, 0.3) is 0 Å². The molecule has 1 aliphatic heterocycles. The summed E-state index contributed by atoms with van der Waals surface area (Å²) < 4.78 is 0. The number of nitrogens with one attached hydrogen (secondary N) is 1. The van der Waals surface area contributed by atoms with Crippen molar-refractivity contribution in [1.29, 1.82) is 0 Å². The molecule has 0 aromatic rings. The Morgan fingerprint density at radius 3 is 2.58 bits per heavy atom. The van der Waals surface area contributed by atoms with E-state index >= 15 is 0 Å². The van der Waals surface area contributed by atoms with Crippen molar-refractivity contribution >= 4 is 11.9 Å². The first-order valence-electron chi connectivity index (χ1n) is 6.84. The number of carbonyl (C=O) groups is 2. The van der Waals surface area contributed by atoms with Crippen molar-refractivity contribution in [3.8, 4) is 0 Å². The topological polar surface area (TPSA) is 95.7 Å². The number of piperidine rings is 1. The average molecular weight is 271 g/mol. The lowest BCUT2D eigenvalue weighted by Gasteiger charge is -2.36. The zero-order chi connectivity index (χ0) is 14.6. The maximum Gasteiger partial charge on any atom is 0.312 e. The molecule has 3 unspecified atom stereocenters. The molecule has 3 amide bonds. The third kappa shape index (κ3) is 4.70. The smallest absolute Gasteiger partial charge is 0.312 e. The van der Waals surface area contributed by atoms with Gasteiger partial charge in [-0.2, -0.15) is 0 Å². The molecular weight excluding hydrogens is 246 g/mol. The summed E-state index contributed by atoms with van der Waals surface area (Å²) in [4.78, 5) is 25.1. The lowest BCUT2D eigenvalue weighted by Crippen LogP contribution is -2.54. The first-order valence-corrected chi connectivity index (χ1v) is 6.84. The van der Waals surface area contributed by atoms with Crippen LogP contribution in [0, 0.1) is 11.8 Å². The second kappa shape index (κ2) is 6.75. The monoisotopic (exact) mass is 271 g/mol. The molecule has 6 heteroatoms. The minimum absolute atomic E-state index is 0.0611. The number of rotatable bonds is 4. The molecule has 4 N–H and O–H groups in total. The van der Waals surface area contributed by atoms with Crippen molar-refractivity contribution in [1.82, 2.24) is 10.2 Å². The molecule has 0 spiro atoms. The Kier molecular flexibility index (Phi) is 5.60. The van der Waals surface area contributed by atoms with Crippen molar-refractivity contribution in [2.75, 3.05) is 13.1 Å². The number of urea groups is 1. The van der Waals surface area contributed by atoms with Crippen LogP contribution in [-0.4, -0.2) is 47.2 Å². The van der Waals surface area contributed by atoms with Gasteiger partial charge in [0.05, 0.1) is 6.10 Å². The summed E-state index contributed by atoms with van der Waals surface area (Å²) in [5, 5.41) is 12.2. The van der Waals surface area contributed by atoms with E-state index in [9.17, 15) is 14.7 Å². The van der Waals surface area contributed by atoms with Crippen molar-refractivity contribution < 1.29 is 14.7 Å². The van der Waals surface area contributed by atoms with E-state index in [1.165, 1.54) is 0 Å². The van der Waals surface area contributed by atoms with Crippen LogP contribution in [0.1, 0.15) is 33.6 Å². The van der Waals surface area contributed by atoms with Gasteiger partial charge in [-0.15, -0.1) is 0 Å². The Labute approximate surface area is 114 Å². The van der Waals surface area contributed by atoms with Crippen LogP contribution in [0.15, 0.2) is 0 Å². The number of hydrogen-bond acceptors (Lipinski definition) is 3. The van der Waals surface area contributed by atoms with Gasteiger partial charge in [0, 0.05) is 13.1 Å². The van der Waals surface area contributed by atoms with Gasteiger partial charge in [-0.1, -0.05) is 20.8 Å². The van der Waals surface area contributed by atoms with Gasteiger partial charge in [0.1, 0.15) is 6.04 Å². The van der Waals surface area contributed by atoms with Crippen LogP contribution in [0.2, 0.25) is 0 Å². The first-order chi connectivity index (χ1) is 8.81. The quantitative estimate of drug-likeness (QED) is 0.686. The lowest BCUT2D eigenvalue weighted by molar-refractivity contribution is -0.137. The maximum atomic E-state index is 12.4. The predicted octanol–water partition coefficient (Wildman–Crippen LogP) is 0.299. The average Bonchev–Trinajstić information content (AvgIpc) is 2.29. The zero-order valence-corrected chi connectivity index (χ0v) is 11.9. The summed E-state index contributed by atoms with van der Waals surface area (Å²) in [7, 11) is 0. The van der Waals surface area contributed by atoms with E-state index in [2.05, 4.69) is 5.32 Å². The minimum Gasteiger partial charge on any atom is -0.393 e. The summed E-state index contributed by atoms with van der Waals surface area (Å²) in [6.45, 7) is 6.95. The zero-order valence-electron chi connectivity index (χ0n) is 11.9. The highest BCUT2D eigenvalue weighted by Gasteiger charge is 2.31. The molecule has 3 atom stereocenters. The van der Waals surface area contributed by atoms with Gasteiger partial charge in [0.2, 0.25) is 5.91 Å². The Bertz CT molecular complexity index is 333. The molecule has 0 radical (unpaired) electrons. The van der Waals surface area contributed by atoms with Crippen molar-refractivity contribution in [2.45, 2.75) is 45.8 Å². The number of nitrogens with zero attached hydrogens (tertiary/aromatic N) is 1. The molecule has 1 saturated heterocycles. The molecular formula is C13H25N3O3. The number of hydrogen-bond donors (Lipinski definition) is 3. The number of aliphatic hydroxyl groups is 1. The fourth-order valence-electron chi connectivity index (χ4n) is 2.42. The molecule has 1 rings (SSSR count). The number of likely N-dealkylation sites (tertiary alicyclic amines) is 1. The molecule has 6 nitrogen and oxygen atoms in total. The molecule has 1 heterocycles. The number of nitrogens with two attached hydrogens (primary N) is 1. The van der Waals surface area contributed by atoms with Crippen LogP contribution in [0.3, 0.4) is 0 Å². The van der Waals surface area contributed by atoms with Gasteiger partial charge in [-0.3, -0.25) is 4.79 Å². The van der Waals surface area contributed by atoms with Crippen LogP contribution in [-0.2, 0) is 4.79 Å². The molecule has 1 fully saturated rings. The van der Waals surface area contributed by atoms with E-state index in [1.54, 1.807) is 4.90 Å². The van der Waals surface area contributed by atoms with Gasteiger partial charge in [-0.25, -0.2) is 4.79 Å². The summed E-state index contributed by atoms with van der Waals surface area (Å²) in [6.07, 6.45) is 0.796. The van der Waals surface area contributed by atoms with Gasteiger partial charge in [0.25, 0.3) is 0 Å². The molecule has 0 saturated carbocycles. The summed E-state index contributed by atoms with van der Waals surface area (Å²) in [5.74, 6) is 0.242. The normalized spacial score (nSPS) is 25.2. The summed E-state index contributed by atoms with van der Waals surface area (Å²) >= 11 is 0. The largest absolute Gasteiger partial charge is 0.393 e. The second-order valence-corrected chi connectivity index (χ2v) is 5.81. The Hall–Kier alpha value is -1.30. The molecule has 1 aliphatic rings. The Morgan fingerprint density at radius 1 is 1.47 bits per heavy atom. The van der Waals surface area contributed by atoms with Gasteiger partial charge < -0.3 is 21.1 Å². The second-order valence-electron chi connectivity index (χ2n) is 5.81. The number of carbonyl (C=O) groups excluding carboxylic acids is 2. The number of primary amides is 1. The molecule has 0 aromatic carbocycles. The van der Waals surface area contributed by atoms with Crippen molar-refractivity contribution in [3.05, 3.63) is 0 Å². The van der Waals surface area contributed by atoms with Gasteiger partial charge >= 0.3 is 6.03 Å². The highest BCUT2D eigenvalue weighted by atomic mass is 16.3. The predicted molar refractivity (Wildman–Crippen MR) is 72.3 cm³/mol. The lowest BCUT2D eigenvalue weighted by atomic mass is 9.95. The Morgan fingerprint density at radius 2 is 2.11 bits per heavy atom. The molecule has 0 aliphatic carbocycles. The Balaban J connectivity index is 2.67. The van der Waals surface area contributed by atoms with Crippen molar-refractivity contribution in [2.24, 2.45) is 17.6 Å². The fraction of sp³-hybridized carbons (Fsp3) is 0.846. The van der Waals surface area contributed by atoms with E-state index in [-0.39, 0.29) is 23.8 Å². The van der Waals surface area contributed by atoms with E-state index < -0.39 is 12.1 Å². The van der Waals surface area contributed by atoms with E-state index in [0.29, 0.717) is 25.9 Å². The van der Waals surface area contributed by atoms with Gasteiger partial charge in [-0.05, 0) is 24.7 Å². The fourth-order valence-corrected chi connectivity index (χ4v) is 2.42. The highest BCUT2D eigenvalue weighted by Crippen LogP contribution is 2.18. The molecule has 19 heavy (non-hydrogen) atoms. The van der Waals surface area contributed by atoms with Gasteiger partial charge in [0.15, 0.2) is 0 Å². The first kappa shape index (κ1) is 15.8. The number of aliphatic hydroxyl groups excluding tert-OH is 1. The summed E-state index contributed by atoms with van der Waals surface area (Å²) in [5.41, 5.74) is 5.12. The number of amides is 3. The minimum atomic E-state index is -0.677. The third-order valence-electron chi connectivity index (χ3n) is 3.49. The van der Waals surface area contributed by atoms with Crippen LogP contribution >= 0.6 is 0 Å². The highest BCUT2D eigenvalue weighted by molar-refractivity contribution is 5.86. The SMILES string of the molecule is CC(C)CC(NC(N)=O)C(=O)N1CCC(O)C(C)C1. The van der Waals surface area contributed by atoms with E-state index in [4.69, 9.17) is 5.73 Å². The van der Waals surface area contributed by atoms with E-state index in [1.807, 2.05) is 20.8 Å².